The number of aromatic nitrogens is 2. The summed E-state index contributed by atoms with van der Waals surface area (Å²) in [7, 11) is 0. The topological polar surface area (TPSA) is 76.3 Å². The summed E-state index contributed by atoms with van der Waals surface area (Å²) < 4.78 is 14.8. The van der Waals surface area contributed by atoms with Crippen LogP contribution >= 0.6 is 11.8 Å². The smallest absolute Gasteiger partial charge is 0.266 e. The van der Waals surface area contributed by atoms with Crippen molar-refractivity contribution < 1.29 is 9.18 Å². The van der Waals surface area contributed by atoms with Gasteiger partial charge in [0.1, 0.15) is 5.82 Å². The fourth-order valence-electron chi connectivity index (χ4n) is 3.16. The molecule has 1 aromatic heterocycles. The zero-order valence-electron chi connectivity index (χ0n) is 17.2. The van der Waals surface area contributed by atoms with Crippen LogP contribution in [0.1, 0.15) is 11.1 Å². The summed E-state index contributed by atoms with van der Waals surface area (Å²) in [6, 6.07) is 20.5. The van der Waals surface area contributed by atoms with Crippen molar-refractivity contribution in [3.8, 4) is 5.69 Å². The van der Waals surface area contributed by atoms with Crippen LogP contribution in [-0.2, 0) is 4.79 Å². The highest BCUT2D eigenvalue weighted by Crippen LogP contribution is 2.22. The lowest BCUT2D eigenvalue weighted by atomic mass is 10.2. The van der Waals surface area contributed by atoms with Crippen LogP contribution in [0, 0.1) is 12.7 Å². The lowest BCUT2D eigenvalue weighted by molar-refractivity contribution is -0.118. The van der Waals surface area contributed by atoms with Gasteiger partial charge in [0.15, 0.2) is 5.16 Å². The van der Waals surface area contributed by atoms with Crippen LogP contribution in [0.4, 0.5) is 4.39 Å². The van der Waals surface area contributed by atoms with E-state index in [1.54, 1.807) is 30.3 Å². The summed E-state index contributed by atoms with van der Waals surface area (Å²) in [5.41, 5.74) is 4.94. The van der Waals surface area contributed by atoms with Gasteiger partial charge < -0.3 is 0 Å². The molecule has 0 saturated carbocycles. The number of para-hydroxylation sites is 2. The molecule has 6 nitrogen and oxygen atoms in total. The molecular weight excluding hydrogens is 427 g/mol. The number of nitrogens with zero attached hydrogens (tertiary/aromatic N) is 3. The fraction of sp³-hybridized carbons (Fsp3) is 0.0833. The largest absolute Gasteiger partial charge is 0.272 e. The van der Waals surface area contributed by atoms with E-state index in [4.69, 9.17) is 0 Å². The fourth-order valence-corrected chi connectivity index (χ4v) is 3.96. The van der Waals surface area contributed by atoms with E-state index >= 15 is 0 Å². The van der Waals surface area contributed by atoms with Crippen molar-refractivity contribution in [1.29, 1.82) is 0 Å². The SMILES string of the molecule is Cc1ccccc1-n1c(SCC(=O)NN=Cc2cccc(F)c2)nc2ccccc2c1=O. The van der Waals surface area contributed by atoms with Crippen molar-refractivity contribution in [1.82, 2.24) is 15.0 Å². The molecule has 0 aliphatic heterocycles. The van der Waals surface area contributed by atoms with E-state index in [-0.39, 0.29) is 23.0 Å². The standard InChI is InChI=1S/C24H19FN4O2S/c1-16-7-2-5-12-21(16)29-23(31)19-10-3-4-11-20(19)27-24(29)32-15-22(30)28-26-14-17-8-6-9-18(25)13-17/h2-14H,15H2,1H3,(H,28,30). The number of carbonyl (C=O) groups excluding carboxylic acids is 1. The molecule has 0 spiro atoms. The zero-order chi connectivity index (χ0) is 22.5. The van der Waals surface area contributed by atoms with Crippen LogP contribution in [0.25, 0.3) is 16.6 Å². The van der Waals surface area contributed by atoms with Gasteiger partial charge in [-0.2, -0.15) is 5.10 Å². The average Bonchev–Trinajstić information content (AvgIpc) is 2.79. The van der Waals surface area contributed by atoms with Crippen molar-refractivity contribution in [3.05, 3.63) is 100 Å². The summed E-state index contributed by atoms with van der Waals surface area (Å²) in [6.07, 6.45) is 1.36. The third-order valence-electron chi connectivity index (χ3n) is 4.69. The number of benzene rings is 3. The van der Waals surface area contributed by atoms with Gasteiger partial charge in [-0.25, -0.2) is 14.8 Å². The molecule has 1 N–H and O–H groups in total. The average molecular weight is 447 g/mol. The highest BCUT2D eigenvalue weighted by Gasteiger charge is 2.15. The van der Waals surface area contributed by atoms with Crippen molar-refractivity contribution in [3.63, 3.8) is 0 Å². The monoisotopic (exact) mass is 446 g/mol. The lowest BCUT2D eigenvalue weighted by Gasteiger charge is -2.14. The molecule has 3 aromatic carbocycles. The number of carbonyl (C=O) groups is 1. The van der Waals surface area contributed by atoms with Gasteiger partial charge in [0.25, 0.3) is 11.5 Å². The molecule has 32 heavy (non-hydrogen) atoms. The van der Waals surface area contributed by atoms with E-state index in [0.29, 0.717) is 27.3 Å². The molecule has 0 saturated heterocycles. The Labute approximate surface area is 187 Å². The Morgan fingerprint density at radius 2 is 1.91 bits per heavy atom. The molecule has 160 valence electrons. The molecule has 1 heterocycles. The summed E-state index contributed by atoms with van der Waals surface area (Å²) in [4.78, 5) is 30.2. The minimum atomic E-state index is -0.382. The summed E-state index contributed by atoms with van der Waals surface area (Å²) in [5, 5.41) is 4.78. The first-order valence-electron chi connectivity index (χ1n) is 9.81. The number of amides is 1. The Kier molecular flexibility index (Phi) is 6.42. The van der Waals surface area contributed by atoms with Crippen LogP contribution in [0.5, 0.6) is 0 Å². The summed E-state index contributed by atoms with van der Waals surface area (Å²) in [5.74, 6) is -0.759. The molecular formula is C24H19FN4O2S. The lowest BCUT2D eigenvalue weighted by Crippen LogP contribution is -2.24. The van der Waals surface area contributed by atoms with Crippen molar-refractivity contribution in [2.45, 2.75) is 12.1 Å². The van der Waals surface area contributed by atoms with Crippen LogP contribution < -0.4 is 11.0 Å². The van der Waals surface area contributed by atoms with Crippen molar-refractivity contribution >= 4 is 34.8 Å². The number of halogens is 1. The second kappa shape index (κ2) is 9.57. The molecule has 0 atom stereocenters. The molecule has 4 aromatic rings. The predicted molar refractivity (Wildman–Crippen MR) is 125 cm³/mol. The maximum atomic E-state index is 13.3. The molecule has 0 fully saturated rings. The van der Waals surface area contributed by atoms with Gasteiger partial charge in [0.05, 0.1) is 28.6 Å². The van der Waals surface area contributed by atoms with Crippen LogP contribution in [-0.4, -0.2) is 27.4 Å². The van der Waals surface area contributed by atoms with E-state index in [1.165, 1.54) is 22.9 Å². The van der Waals surface area contributed by atoms with E-state index in [9.17, 15) is 14.0 Å². The van der Waals surface area contributed by atoms with Gasteiger partial charge in [-0.15, -0.1) is 0 Å². The molecule has 1 amide bonds. The highest BCUT2D eigenvalue weighted by atomic mass is 32.2. The van der Waals surface area contributed by atoms with Gasteiger partial charge in [-0.05, 0) is 48.4 Å². The van der Waals surface area contributed by atoms with Gasteiger partial charge in [0, 0.05) is 0 Å². The summed E-state index contributed by atoms with van der Waals surface area (Å²) >= 11 is 1.14. The van der Waals surface area contributed by atoms with E-state index in [2.05, 4.69) is 15.5 Å². The highest BCUT2D eigenvalue weighted by molar-refractivity contribution is 7.99. The molecule has 8 heteroatoms. The molecule has 0 bridgehead atoms. The number of hydrazone groups is 1. The van der Waals surface area contributed by atoms with E-state index < -0.39 is 0 Å². The number of aryl methyl sites for hydroxylation is 1. The van der Waals surface area contributed by atoms with Crippen LogP contribution in [0.2, 0.25) is 0 Å². The maximum Gasteiger partial charge on any atom is 0.266 e. The quantitative estimate of drug-likeness (QED) is 0.210. The van der Waals surface area contributed by atoms with Gasteiger partial charge in [-0.1, -0.05) is 54.2 Å². The third-order valence-corrected chi connectivity index (χ3v) is 5.62. The molecule has 4 rings (SSSR count). The third kappa shape index (κ3) is 4.76. The van der Waals surface area contributed by atoms with E-state index in [0.717, 1.165) is 17.3 Å². The Hall–Kier alpha value is -3.78. The predicted octanol–water partition coefficient (Wildman–Crippen LogP) is 4.08. The normalized spacial score (nSPS) is 11.2. The Bertz CT molecular complexity index is 1380. The van der Waals surface area contributed by atoms with Crippen molar-refractivity contribution in [2.75, 3.05) is 5.75 Å². The Balaban J connectivity index is 1.58. The number of hydrogen-bond acceptors (Lipinski definition) is 5. The van der Waals surface area contributed by atoms with E-state index in [1.807, 2.05) is 37.3 Å². The first-order chi connectivity index (χ1) is 15.5. The second-order valence-electron chi connectivity index (χ2n) is 6.98. The minimum Gasteiger partial charge on any atom is -0.272 e. The minimum absolute atomic E-state index is 0.00283. The number of rotatable bonds is 6. The zero-order valence-corrected chi connectivity index (χ0v) is 18.0. The maximum absolute atomic E-state index is 13.3. The Morgan fingerprint density at radius 3 is 2.72 bits per heavy atom. The van der Waals surface area contributed by atoms with Gasteiger partial charge in [0.2, 0.25) is 0 Å². The van der Waals surface area contributed by atoms with Crippen LogP contribution in [0.15, 0.2) is 87.8 Å². The van der Waals surface area contributed by atoms with Gasteiger partial charge >= 0.3 is 0 Å². The second-order valence-corrected chi connectivity index (χ2v) is 7.92. The van der Waals surface area contributed by atoms with Crippen LogP contribution in [0.3, 0.4) is 0 Å². The number of fused-ring (bicyclic) bond motifs is 1. The molecule has 0 unspecified atom stereocenters. The van der Waals surface area contributed by atoms with Gasteiger partial charge in [-0.3, -0.25) is 14.2 Å². The molecule has 0 aliphatic rings. The summed E-state index contributed by atoms with van der Waals surface area (Å²) in [6.45, 7) is 1.92. The number of hydrogen-bond donors (Lipinski definition) is 1. The van der Waals surface area contributed by atoms with Crippen molar-refractivity contribution in [2.24, 2.45) is 5.10 Å². The Morgan fingerprint density at radius 1 is 1.12 bits per heavy atom. The first-order valence-corrected chi connectivity index (χ1v) is 10.8. The number of nitrogens with one attached hydrogen (secondary N) is 1. The molecule has 0 aliphatic carbocycles. The first kappa shape index (κ1) is 21.5. The molecule has 0 radical (unpaired) electrons. The number of thioether (sulfide) groups is 1.